The van der Waals surface area contributed by atoms with Crippen LogP contribution in [0.25, 0.3) is 0 Å². The minimum atomic E-state index is -0.951. The second kappa shape index (κ2) is 6.08. The van der Waals surface area contributed by atoms with Gasteiger partial charge in [-0.3, -0.25) is 9.59 Å². The Labute approximate surface area is 134 Å². The molecule has 3 N–H and O–H groups in total. The van der Waals surface area contributed by atoms with Crippen LogP contribution in [-0.2, 0) is 16.1 Å². The van der Waals surface area contributed by atoms with E-state index in [0.717, 1.165) is 18.4 Å². The van der Waals surface area contributed by atoms with Crippen molar-refractivity contribution in [3.05, 3.63) is 23.8 Å². The summed E-state index contributed by atoms with van der Waals surface area (Å²) in [5.74, 6) is 0.0298. The molecule has 2 amide bonds. The van der Waals surface area contributed by atoms with Gasteiger partial charge in [-0.25, -0.2) is 0 Å². The summed E-state index contributed by atoms with van der Waals surface area (Å²) in [4.78, 5) is 23.6. The molecule has 1 aliphatic carbocycles. The maximum absolute atomic E-state index is 11.8. The Balaban J connectivity index is 1.46. The molecule has 1 saturated carbocycles. The lowest BCUT2D eigenvalue weighted by atomic mass is 10.0. The van der Waals surface area contributed by atoms with E-state index in [9.17, 15) is 14.7 Å². The Morgan fingerprint density at radius 3 is 2.65 bits per heavy atom. The number of amides is 2. The zero-order valence-corrected chi connectivity index (χ0v) is 12.9. The van der Waals surface area contributed by atoms with Crippen molar-refractivity contribution in [3.63, 3.8) is 0 Å². The van der Waals surface area contributed by atoms with Crippen LogP contribution in [0.2, 0.25) is 0 Å². The first-order valence-corrected chi connectivity index (χ1v) is 7.62. The Morgan fingerprint density at radius 2 is 1.91 bits per heavy atom. The van der Waals surface area contributed by atoms with Crippen LogP contribution in [0.15, 0.2) is 18.2 Å². The van der Waals surface area contributed by atoms with Gasteiger partial charge in [0.2, 0.25) is 6.79 Å². The highest BCUT2D eigenvalue weighted by atomic mass is 16.7. The molecule has 7 nitrogen and oxygen atoms in total. The smallest absolute Gasteiger partial charge is 0.309 e. The van der Waals surface area contributed by atoms with Gasteiger partial charge in [0.05, 0.1) is 5.60 Å². The molecular formula is C16H20N2O5. The molecule has 23 heavy (non-hydrogen) atoms. The van der Waals surface area contributed by atoms with E-state index in [1.807, 2.05) is 0 Å². The Hall–Kier alpha value is -2.28. The normalized spacial score (nSPS) is 18.2. The molecule has 0 bridgehead atoms. The van der Waals surface area contributed by atoms with E-state index in [1.165, 1.54) is 0 Å². The molecule has 1 unspecified atom stereocenters. The van der Waals surface area contributed by atoms with E-state index in [4.69, 9.17) is 9.47 Å². The van der Waals surface area contributed by atoms with Crippen LogP contribution in [0.4, 0.5) is 0 Å². The van der Waals surface area contributed by atoms with E-state index in [-0.39, 0.29) is 25.8 Å². The summed E-state index contributed by atoms with van der Waals surface area (Å²) < 4.78 is 10.5. The number of hydrogen-bond acceptors (Lipinski definition) is 5. The zero-order chi connectivity index (χ0) is 16.4. The van der Waals surface area contributed by atoms with Crippen molar-refractivity contribution in [3.8, 4) is 11.5 Å². The number of carbonyl (C=O) groups is 2. The molecule has 2 aliphatic rings. The van der Waals surface area contributed by atoms with E-state index < -0.39 is 17.4 Å². The monoisotopic (exact) mass is 320 g/mol. The van der Waals surface area contributed by atoms with Crippen LogP contribution in [-0.4, -0.2) is 35.9 Å². The summed E-state index contributed by atoms with van der Waals surface area (Å²) in [6.45, 7) is 2.15. The van der Waals surface area contributed by atoms with Crippen molar-refractivity contribution >= 4 is 11.8 Å². The SMILES string of the molecule is CC(O)(CNC(=O)C(=O)NCc1ccc2c(c1)OCO2)C1CC1. The molecule has 0 spiro atoms. The fourth-order valence-corrected chi connectivity index (χ4v) is 2.50. The fraction of sp³-hybridized carbons (Fsp3) is 0.500. The minimum absolute atomic E-state index is 0.0773. The molecule has 1 aromatic rings. The molecule has 1 fully saturated rings. The van der Waals surface area contributed by atoms with Gasteiger partial charge >= 0.3 is 11.8 Å². The van der Waals surface area contributed by atoms with Crippen molar-refractivity contribution in [2.24, 2.45) is 5.92 Å². The maximum Gasteiger partial charge on any atom is 0.309 e. The number of aliphatic hydroxyl groups is 1. The molecule has 124 valence electrons. The van der Waals surface area contributed by atoms with Gasteiger partial charge in [0, 0.05) is 13.1 Å². The molecule has 1 aliphatic heterocycles. The van der Waals surface area contributed by atoms with Crippen LogP contribution in [0.3, 0.4) is 0 Å². The number of carbonyl (C=O) groups excluding carboxylic acids is 2. The standard InChI is InChI=1S/C16H20N2O5/c1-16(21,11-3-4-11)8-18-15(20)14(19)17-7-10-2-5-12-13(6-10)23-9-22-12/h2,5-6,11,21H,3-4,7-9H2,1H3,(H,17,19)(H,18,20). The minimum Gasteiger partial charge on any atom is -0.454 e. The first-order valence-electron chi connectivity index (χ1n) is 7.62. The number of hydrogen-bond donors (Lipinski definition) is 3. The lowest BCUT2D eigenvalue weighted by Gasteiger charge is -2.22. The van der Waals surface area contributed by atoms with Crippen molar-refractivity contribution in [1.29, 1.82) is 0 Å². The van der Waals surface area contributed by atoms with Crippen LogP contribution < -0.4 is 20.1 Å². The summed E-state index contributed by atoms with van der Waals surface area (Å²) in [6, 6.07) is 5.32. The maximum atomic E-state index is 11.8. The number of nitrogens with one attached hydrogen (secondary N) is 2. The molecule has 3 rings (SSSR count). The predicted octanol–water partition coefficient (Wildman–Crippen LogP) is 0.309. The van der Waals surface area contributed by atoms with Crippen molar-refractivity contribution in [2.75, 3.05) is 13.3 Å². The van der Waals surface area contributed by atoms with Gasteiger partial charge in [0.1, 0.15) is 0 Å². The Kier molecular flexibility index (Phi) is 4.12. The number of fused-ring (bicyclic) bond motifs is 1. The first kappa shape index (κ1) is 15.6. The largest absolute Gasteiger partial charge is 0.454 e. The van der Waals surface area contributed by atoms with Gasteiger partial charge < -0.3 is 25.2 Å². The third kappa shape index (κ3) is 3.73. The molecule has 7 heteroatoms. The highest BCUT2D eigenvalue weighted by Gasteiger charge is 2.40. The molecule has 0 aromatic heterocycles. The number of rotatable bonds is 5. The van der Waals surface area contributed by atoms with E-state index >= 15 is 0 Å². The lowest BCUT2D eigenvalue weighted by Crippen LogP contribution is -2.47. The topological polar surface area (TPSA) is 96.9 Å². The summed E-state index contributed by atoms with van der Waals surface area (Å²) in [7, 11) is 0. The van der Waals surface area contributed by atoms with E-state index in [1.54, 1.807) is 25.1 Å². The Morgan fingerprint density at radius 1 is 1.22 bits per heavy atom. The van der Waals surface area contributed by atoms with Gasteiger partial charge in [-0.05, 0) is 43.4 Å². The zero-order valence-electron chi connectivity index (χ0n) is 12.9. The molecule has 0 radical (unpaired) electrons. The second-order valence-electron chi connectivity index (χ2n) is 6.18. The van der Waals surface area contributed by atoms with Crippen LogP contribution in [0, 0.1) is 5.92 Å². The fourth-order valence-electron chi connectivity index (χ4n) is 2.50. The number of ether oxygens (including phenoxy) is 2. The summed E-state index contributed by atoms with van der Waals surface area (Å²) >= 11 is 0. The third-order valence-corrected chi connectivity index (χ3v) is 4.16. The molecule has 0 saturated heterocycles. The van der Waals surface area contributed by atoms with Gasteiger partial charge in [0.15, 0.2) is 11.5 Å². The number of benzene rings is 1. The quantitative estimate of drug-likeness (QED) is 0.679. The second-order valence-corrected chi connectivity index (χ2v) is 6.18. The van der Waals surface area contributed by atoms with Gasteiger partial charge in [0.25, 0.3) is 0 Å². The highest BCUT2D eigenvalue weighted by molar-refractivity contribution is 6.35. The molecule has 1 heterocycles. The van der Waals surface area contributed by atoms with Gasteiger partial charge in [-0.2, -0.15) is 0 Å². The van der Waals surface area contributed by atoms with Crippen LogP contribution in [0.1, 0.15) is 25.3 Å². The van der Waals surface area contributed by atoms with Gasteiger partial charge in [-0.1, -0.05) is 6.07 Å². The molecule has 1 atom stereocenters. The molecular weight excluding hydrogens is 300 g/mol. The van der Waals surface area contributed by atoms with E-state index in [2.05, 4.69) is 10.6 Å². The predicted molar refractivity (Wildman–Crippen MR) is 80.8 cm³/mol. The van der Waals surface area contributed by atoms with Crippen molar-refractivity contribution < 1.29 is 24.2 Å². The van der Waals surface area contributed by atoms with Gasteiger partial charge in [-0.15, -0.1) is 0 Å². The summed E-state index contributed by atoms with van der Waals surface area (Å²) in [5.41, 5.74) is -0.145. The third-order valence-electron chi connectivity index (χ3n) is 4.16. The Bertz CT molecular complexity index is 625. The van der Waals surface area contributed by atoms with Crippen LogP contribution >= 0.6 is 0 Å². The average Bonchev–Trinajstić information content (AvgIpc) is 3.30. The summed E-state index contributed by atoms with van der Waals surface area (Å²) in [6.07, 6.45) is 1.92. The van der Waals surface area contributed by atoms with Crippen LogP contribution in [0.5, 0.6) is 11.5 Å². The van der Waals surface area contributed by atoms with E-state index in [0.29, 0.717) is 11.5 Å². The lowest BCUT2D eigenvalue weighted by molar-refractivity contribution is -0.140. The summed E-state index contributed by atoms with van der Waals surface area (Å²) in [5, 5.41) is 15.1. The highest BCUT2D eigenvalue weighted by Crippen LogP contribution is 2.39. The first-order chi connectivity index (χ1) is 11.0. The van der Waals surface area contributed by atoms with Crippen molar-refractivity contribution in [2.45, 2.75) is 31.9 Å². The van der Waals surface area contributed by atoms with Crippen molar-refractivity contribution in [1.82, 2.24) is 10.6 Å². The average molecular weight is 320 g/mol. The molecule has 1 aromatic carbocycles.